The number of nitrogens with zero attached hydrogens (tertiary/aromatic N) is 4. The highest BCUT2D eigenvalue weighted by Gasteiger charge is 2.55. The van der Waals surface area contributed by atoms with Gasteiger partial charge in [0, 0.05) is 23.1 Å². The van der Waals surface area contributed by atoms with E-state index in [9.17, 15) is 29.7 Å². The molecule has 5 atom stereocenters. The molecule has 1 aromatic heterocycles. The third-order valence-corrected chi connectivity index (χ3v) is 8.32. The Morgan fingerprint density at radius 2 is 2.14 bits per heavy atom. The summed E-state index contributed by atoms with van der Waals surface area (Å²) in [5, 5.41) is 37.4. The average molecular weight is 528 g/mol. The number of nitrogens with one attached hydrogen (secondary N) is 1. The van der Waals surface area contributed by atoms with Crippen LogP contribution in [-0.4, -0.2) is 116 Å². The zero-order valence-electron chi connectivity index (χ0n) is 19.1. The van der Waals surface area contributed by atoms with Gasteiger partial charge in [-0.15, -0.1) is 23.1 Å². The highest BCUT2D eigenvalue weighted by Crippen LogP contribution is 2.41. The summed E-state index contributed by atoms with van der Waals surface area (Å²) in [6.07, 6.45) is -1.30. The fourth-order valence-corrected chi connectivity index (χ4v) is 6.49. The molecule has 0 spiro atoms. The smallest absolute Gasteiger partial charge is 0.352 e. The highest BCUT2D eigenvalue weighted by molar-refractivity contribution is 8.00. The minimum atomic E-state index is -1.23. The monoisotopic (exact) mass is 527 g/mol. The van der Waals surface area contributed by atoms with Crippen LogP contribution in [0.2, 0.25) is 0 Å². The molecule has 0 aliphatic carbocycles. The van der Waals surface area contributed by atoms with Crippen LogP contribution in [0.5, 0.6) is 0 Å². The number of aliphatic carboxylic acids is 1. The first-order chi connectivity index (χ1) is 16.5. The van der Waals surface area contributed by atoms with Crippen molar-refractivity contribution in [3.63, 3.8) is 0 Å². The third kappa shape index (κ3) is 4.86. The number of piperidine rings is 1. The van der Waals surface area contributed by atoms with Gasteiger partial charge in [-0.25, -0.2) is 9.78 Å². The molecule has 15 heteroatoms. The number of carbonyl (C=O) groups is 3. The number of rotatable bonds is 7. The molecule has 4 rings (SSSR count). The van der Waals surface area contributed by atoms with E-state index in [1.54, 1.807) is 0 Å². The molecular weight excluding hydrogens is 500 g/mol. The van der Waals surface area contributed by atoms with E-state index in [1.807, 2.05) is 7.05 Å². The minimum Gasteiger partial charge on any atom is -0.477 e. The normalized spacial score (nSPS) is 31.0. The molecule has 4 heterocycles. The number of hydrogen-bond donors (Lipinski definition) is 5. The topological polar surface area (TPSA) is 188 Å². The number of carboxylic acids is 1. The first kappa shape index (κ1) is 25.4. The zero-order valence-corrected chi connectivity index (χ0v) is 20.7. The Morgan fingerprint density at radius 1 is 1.40 bits per heavy atom. The first-order valence-corrected chi connectivity index (χ1v) is 12.7. The number of likely N-dealkylation sites (N-methyl/N-ethyl adjacent to an activating group) is 1. The van der Waals surface area contributed by atoms with Crippen LogP contribution in [0.1, 0.15) is 12.1 Å². The molecule has 3 aliphatic rings. The molecule has 3 aliphatic heterocycles. The van der Waals surface area contributed by atoms with Crippen LogP contribution in [-0.2, 0) is 19.2 Å². The molecule has 2 amide bonds. The molecule has 1 aromatic rings. The van der Waals surface area contributed by atoms with Crippen LogP contribution in [0.15, 0.2) is 21.8 Å². The second-order valence-corrected chi connectivity index (χ2v) is 10.9. The maximum Gasteiger partial charge on any atom is 0.352 e. The van der Waals surface area contributed by atoms with Crippen molar-refractivity contribution in [2.45, 2.75) is 30.0 Å². The molecule has 0 bridgehead atoms. The maximum absolute atomic E-state index is 13.0. The number of carbonyl (C=O) groups excluding carboxylic acids is 2. The summed E-state index contributed by atoms with van der Waals surface area (Å²) in [6, 6.07) is -0.946. The molecule has 2 unspecified atom stereocenters. The van der Waals surface area contributed by atoms with Crippen molar-refractivity contribution in [1.82, 2.24) is 15.2 Å². The third-order valence-electron chi connectivity index (χ3n) is 6.31. The van der Waals surface area contributed by atoms with Gasteiger partial charge in [-0.05, 0) is 0 Å². The van der Waals surface area contributed by atoms with Gasteiger partial charge in [0.25, 0.3) is 11.8 Å². The second-order valence-electron chi connectivity index (χ2n) is 8.92. The summed E-state index contributed by atoms with van der Waals surface area (Å²) in [5.74, 6) is -2.12. The van der Waals surface area contributed by atoms with Crippen molar-refractivity contribution in [3.8, 4) is 0 Å². The summed E-state index contributed by atoms with van der Waals surface area (Å²) in [5.41, 5.74) is 6.16. The van der Waals surface area contributed by atoms with E-state index in [0.29, 0.717) is 35.3 Å². The van der Waals surface area contributed by atoms with Crippen LogP contribution in [0.4, 0.5) is 5.13 Å². The molecule has 2 saturated heterocycles. The Morgan fingerprint density at radius 3 is 2.74 bits per heavy atom. The number of anilines is 1. The van der Waals surface area contributed by atoms with Gasteiger partial charge in [-0.1, -0.05) is 5.16 Å². The van der Waals surface area contributed by atoms with Crippen LogP contribution in [0, 0.1) is 0 Å². The van der Waals surface area contributed by atoms with Crippen LogP contribution >= 0.6 is 23.1 Å². The van der Waals surface area contributed by atoms with Crippen molar-refractivity contribution in [3.05, 3.63) is 22.3 Å². The Hall–Kier alpha value is -2.72. The largest absolute Gasteiger partial charge is 0.477 e. The number of thioether (sulfide) groups is 1. The van der Waals surface area contributed by atoms with Crippen molar-refractivity contribution < 1.29 is 39.0 Å². The van der Waals surface area contributed by atoms with Gasteiger partial charge in [-0.3, -0.25) is 14.5 Å². The van der Waals surface area contributed by atoms with Crippen molar-refractivity contribution in [1.29, 1.82) is 0 Å². The molecule has 0 saturated carbocycles. The number of nitrogen functional groups attached to an aromatic ring is 1. The number of thiazole rings is 1. The van der Waals surface area contributed by atoms with E-state index >= 15 is 0 Å². The number of hydrogen-bond acceptors (Lipinski definition) is 11. The van der Waals surface area contributed by atoms with Crippen LogP contribution in [0.3, 0.4) is 0 Å². The predicted octanol–water partition coefficient (Wildman–Crippen LogP) is -1.61. The molecule has 0 aromatic carbocycles. The lowest BCUT2D eigenvalue weighted by molar-refractivity contribution is -0.914. The summed E-state index contributed by atoms with van der Waals surface area (Å²) in [6.45, 7) is 1.17. The lowest BCUT2D eigenvalue weighted by Gasteiger charge is -2.50. The Balaban J connectivity index is 1.51. The Labute approximate surface area is 208 Å². The molecule has 0 radical (unpaired) electrons. The molecule has 190 valence electrons. The second kappa shape index (κ2) is 9.73. The van der Waals surface area contributed by atoms with E-state index in [0.717, 1.165) is 11.3 Å². The number of nitrogens with two attached hydrogens (primary N) is 1. The first-order valence-electron chi connectivity index (χ1n) is 10.8. The molecule has 13 nitrogen and oxygen atoms in total. The van der Waals surface area contributed by atoms with Gasteiger partial charge in [0.2, 0.25) is 0 Å². The molecular formula is C20H27N6O7S2+. The fourth-order valence-electron chi connectivity index (χ4n) is 4.61. The van der Waals surface area contributed by atoms with E-state index < -0.39 is 41.4 Å². The summed E-state index contributed by atoms with van der Waals surface area (Å²) < 4.78 is 0.353. The molecule has 35 heavy (non-hydrogen) atoms. The van der Waals surface area contributed by atoms with Crippen molar-refractivity contribution in [2.24, 2.45) is 5.16 Å². The van der Waals surface area contributed by atoms with Gasteiger partial charge in [0.05, 0.1) is 19.7 Å². The summed E-state index contributed by atoms with van der Waals surface area (Å²) >= 11 is 2.47. The van der Waals surface area contributed by atoms with E-state index in [-0.39, 0.29) is 28.8 Å². The number of amides is 2. The summed E-state index contributed by atoms with van der Waals surface area (Å²) in [7, 11) is 3.16. The number of likely N-dealkylation sites (tertiary alicyclic amines) is 1. The van der Waals surface area contributed by atoms with Crippen LogP contribution in [0.25, 0.3) is 0 Å². The maximum atomic E-state index is 13.0. The Bertz CT molecular complexity index is 1110. The standard InChI is InChI=1S/C20H26N6O7S2/c1-26(4-3-11(27)12(28)6-26)5-9-7-34-18-14(17(30)25(18)15(9)19(31)32)23-16(29)13(24-33-2)10-8-35-20(21)22-10/h8,11-12,14,18,27-28H,3-7H2,1-2H3,(H3-,21,22,23,29,31,32)/p+1/b24-13-/t11?,12-,14?,18+,26+/m1/s1. The zero-order chi connectivity index (χ0) is 25.5. The van der Waals surface area contributed by atoms with Gasteiger partial charge < -0.3 is 35.7 Å². The van der Waals surface area contributed by atoms with Crippen molar-refractivity contribution in [2.75, 3.05) is 45.3 Å². The number of carboxylic acid groups (broad SMARTS) is 1. The number of β-lactam (4-membered cyclic amide) rings is 1. The lowest BCUT2D eigenvalue weighted by atomic mass is 9.99. The lowest BCUT2D eigenvalue weighted by Crippen LogP contribution is -2.71. The van der Waals surface area contributed by atoms with E-state index in [4.69, 9.17) is 10.6 Å². The SMILES string of the molecule is CO/N=C(\C(=O)NC1C(=O)N2C(C(=O)O)=C(C[N@+]3(C)CCC(O)[C@H](O)C3)CS[C@@H]12)c1csc(N)n1. The van der Waals surface area contributed by atoms with E-state index in [2.05, 4.69) is 15.5 Å². The predicted molar refractivity (Wildman–Crippen MR) is 127 cm³/mol. The molecule has 2 fully saturated rings. The fraction of sp³-hybridized carbons (Fsp3) is 0.550. The average Bonchev–Trinajstić information content (AvgIpc) is 3.23. The Kier molecular flexibility index (Phi) is 7.06. The number of aromatic nitrogens is 1. The van der Waals surface area contributed by atoms with Gasteiger partial charge in [0.1, 0.15) is 49.1 Å². The number of aliphatic hydroxyl groups is 2. The number of fused-ring (bicyclic) bond motifs is 1. The van der Waals surface area contributed by atoms with Gasteiger partial charge >= 0.3 is 5.97 Å². The minimum absolute atomic E-state index is 0.0951. The number of oxime groups is 1. The summed E-state index contributed by atoms with van der Waals surface area (Å²) in [4.78, 5) is 48.0. The van der Waals surface area contributed by atoms with Gasteiger partial charge in [-0.2, -0.15) is 0 Å². The molecule has 6 N–H and O–H groups in total. The van der Waals surface area contributed by atoms with E-state index in [1.165, 1.54) is 29.2 Å². The van der Waals surface area contributed by atoms with Crippen molar-refractivity contribution >= 4 is 51.7 Å². The number of quaternary nitrogens is 1. The quantitative estimate of drug-likeness (QED) is 0.119. The van der Waals surface area contributed by atoms with Crippen LogP contribution < -0.4 is 11.1 Å². The highest BCUT2D eigenvalue weighted by atomic mass is 32.2. The van der Waals surface area contributed by atoms with Gasteiger partial charge in [0.15, 0.2) is 10.8 Å². The number of aliphatic hydroxyl groups excluding tert-OH is 2.